The van der Waals surface area contributed by atoms with Crippen LogP contribution in [0, 0.1) is 5.82 Å². The molecule has 1 unspecified atom stereocenters. The number of rotatable bonds is 10. The van der Waals surface area contributed by atoms with Crippen LogP contribution in [0.25, 0.3) is 22.4 Å². The molecule has 0 fully saturated rings. The average molecular weight is 474 g/mol. The van der Waals surface area contributed by atoms with Crippen LogP contribution in [0.3, 0.4) is 0 Å². The normalized spacial score (nSPS) is 14.2. The molecule has 0 bridgehead atoms. The van der Waals surface area contributed by atoms with E-state index in [9.17, 15) is 23.7 Å². The monoisotopic (exact) mass is 474 g/mol. The molecule has 1 aromatic heterocycles. The molecule has 0 saturated heterocycles. The molecular formula is C24H28FN2O5P. The van der Waals surface area contributed by atoms with Gasteiger partial charge in [-0.2, -0.15) is 5.10 Å². The number of carboxylic acid groups (broad SMARTS) is 1. The Morgan fingerprint density at radius 1 is 1.09 bits per heavy atom. The number of aliphatic hydroxyl groups excluding tert-OH is 1. The van der Waals surface area contributed by atoms with Crippen molar-refractivity contribution in [2.24, 2.45) is 0 Å². The third-order valence-electron chi connectivity index (χ3n) is 5.28. The number of hydrogen-bond donors (Lipinski definition) is 3. The molecule has 0 saturated carbocycles. The Hall–Kier alpha value is -2.80. The predicted molar refractivity (Wildman–Crippen MR) is 125 cm³/mol. The Morgan fingerprint density at radius 2 is 1.73 bits per heavy atom. The van der Waals surface area contributed by atoms with Crippen LogP contribution in [0.2, 0.25) is 0 Å². The molecule has 7 nitrogen and oxygen atoms in total. The van der Waals surface area contributed by atoms with Crippen molar-refractivity contribution < 1.29 is 28.9 Å². The molecule has 9 heteroatoms. The van der Waals surface area contributed by atoms with E-state index in [0.717, 1.165) is 22.4 Å². The summed E-state index contributed by atoms with van der Waals surface area (Å²) in [6, 6.07) is 15.5. The van der Waals surface area contributed by atoms with Crippen LogP contribution in [0.1, 0.15) is 32.0 Å². The summed E-state index contributed by atoms with van der Waals surface area (Å²) in [4.78, 5) is 21.2. The number of carbonyl (C=O) groups is 1. The number of aliphatic hydroxyl groups is 1. The molecule has 0 aliphatic rings. The molecule has 1 heterocycles. The molecule has 33 heavy (non-hydrogen) atoms. The highest BCUT2D eigenvalue weighted by molar-refractivity contribution is 7.58. The number of hydrogen-bond acceptors (Lipinski definition) is 4. The fourth-order valence-electron chi connectivity index (χ4n) is 3.82. The second kappa shape index (κ2) is 10.4. The van der Waals surface area contributed by atoms with E-state index in [4.69, 9.17) is 10.2 Å². The maximum absolute atomic E-state index is 13.6. The summed E-state index contributed by atoms with van der Waals surface area (Å²) in [6.45, 7) is 3.91. The first-order valence-electron chi connectivity index (χ1n) is 10.7. The first-order chi connectivity index (χ1) is 15.6. The highest BCUT2D eigenvalue weighted by Gasteiger charge is 2.28. The average Bonchev–Trinajstić information content (AvgIpc) is 3.12. The maximum atomic E-state index is 13.6. The molecule has 0 amide bonds. The van der Waals surface area contributed by atoms with E-state index < -0.39 is 32.0 Å². The number of carboxylic acids is 1. The van der Waals surface area contributed by atoms with Crippen LogP contribution in [0.15, 0.2) is 54.6 Å². The van der Waals surface area contributed by atoms with Crippen molar-refractivity contribution in [2.45, 2.75) is 38.8 Å². The van der Waals surface area contributed by atoms with E-state index in [1.165, 1.54) is 12.1 Å². The lowest BCUT2D eigenvalue weighted by molar-refractivity contribution is -0.138. The van der Waals surface area contributed by atoms with Crippen molar-refractivity contribution in [3.8, 4) is 22.4 Å². The number of aliphatic carboxylic acids is 1. The highest BCUT2D eigenvalue weighted by atomic mass is 31.2. The topological polar surface area (TPSA) is 113 Å². The Labute approximate surface area is 192 Å². The largest absolute Gasteiger partial charge is 0.481 e. The molecule has 2 atom stereocenters. The first-order valence-corrected chi connectivity index (χ1v) is 12.7. The zero-order valence-electron chi connectivity index (χ0n) is 18.6. The minimum Gasteiger partial charge on any atom is -0.481 e. The van der Waals surface area contributed by atoms with E-state index in [1.807, 2.05) is 44.2 Å². The van der Waals surface area contributed by atoms with Crippen molar-refractivity contribution in [1.82, 2.24) is 9.78 Å². The molecule has 3 rings (SSSR count). The molecule has 0 aliphatic carbocycles. The quantitative estimate of drug-likeness (QED) is 0.371. The molecule has 3 N–H and O–H groups in total. The second-order valence-electron chi connectivity index (χ2n) is 8.34. The van der Waals surface area contributed by atoms with E-state index in [0.29, 0.717) is 5.69 Å². The van der Waals surface area contributed by atoms with Gasteiger partial charge < -0.3 is 15.1 Å². The summed E-state index contributed by atoms with van der Waals surface area (Å²) in [7, 11) is -3.82. The van der Waals surface area contributed by atoms with Gasteiger partial charge in [-0.1, -0.05) is 42.5 Å². The summed E-state index contributed by atoms with van der Waals surface area (Å²) >= 11 is 0. The Morgan fingerprint density at radius 3 is 2.30 bits per heavy atom. The Balaban J connectivity index is 2.04. The Kier molecular flexibility index (Phi) is 7.84. The minimum absolute atomic E-state index is 0.0488. The molecule has 0 aliphatic heterocycles. The molecule has 0 radical (unpaired) electrons. The summed E-state index contributed by atoms with van der Waals surface area (Å²) < 4.78 is 28.2. The number of aromatic nitrogens is 2. The third-order valence-corrected chi connectivity index (χ3v) is 7.20. The molecule has 2 aromatic carbocycles. The summed E-state index contributed by atoms with van der Waals surface area (Å²) in [6.07, 6.45) is -2.45. The standard InChI is InChI=1S/C24H28FN2O5P/c1-16(2)27-21(12-13-33(31,32)15-20(28)14-22(29)30)23(17-8-10-19(25)11-9-17)24(26-27)18-6-4-3-5-7-18/h3-11,16,20,28H,12-15H2,1-2H3,(H,29,30)(H,31,32)/t20-/m0/s1. The molecule has 3 aromatic rings. The van der Waals surface area contributed by atoms with Gasteiger partial charge in [0.15, 0.2) is 0 Å². The summed E-state index contributed by atoms with van der Waals surface area (Å²) in [5.74, 6) is -1.60. The van der Waals surface area contributed by atoms with Gasteiger partial charge in [-0.25, -0.2) is 4.39 Å². The molecule has 0 spiro atoms. The van der Waals surface area contributed by atoms with Gasteiger partial charge in [0.1, 0.15) is 11.5 Å². The molecule has 176 valence electrons. The minimum atomic E-state index is -3.82. The van der Waals surface area contributed by atoms with Crippen molar-refractivity contribution in [3.05, 3.63) is 66.1 Å². The van der Waals surface area contributed by atoms with Crippen LogP contribution >= 0.6 is 7.37 Å². The van der Waals surface area contributed by atoms with Gasteiger partial charge in [-0.3, -0.25) is 14.0 Å². The third kappa shape index (κ3) is 6.38. The van der Waals surface area contributed by atoms with Gasteiger partial charge in [0.05, 0.1) is 18.7 Å². The lowest BCUT2D eigenvalue weighted by atomic mass is 9.98. The van der Waals surface area contributed by atoms with E-state index >= 15 is 0 Å². The fourth-order valence-corrected chi connectivity index (χ4v) is 5.35. The number of benzene rings is 2. The zero-order chi connectivity index (χ0) is 24.2. The first kappa shape index (κ1) is 24.8. The van der Waals surface area contributed by atoms with Gasteiger partial charge in [-0.15, -0.1) is 0 Å². The van der Waals surface area contributed by atoms with Gasteiger partial charge >= 0.3 is 5.97 Å². The zero-order valence-corrected chi connectivity index (χ0v) is 19.5. The van der Waals surface area contributed by atoms with Crippen molar-refractivity contribution in [1.29, 1.82) is 0 Å². The number of nitrogens with zero attached hydrogens (tertiary/aromatic N) is 2. The van der Waals surface area contributed by atoms with Gasteiger partial charge in [0, 0.05) is 29.0 Å². The predicted octanol–water partition coefficient (Wildman–Crippen LogP) is 4.59. The van der Waals surface area contributed by atoms with Crippen molar-refractivity contribution >= 4 is 13.3 Å². The summed E-state index contributed by atoms with van der Waals surface area (Å²) in [5, 5.41) is 23.5. The maximum Gasteiger partial charge on any atom is 0.305 e. The van der Waals surface area contributed by atoms with Gasteiger partial charge in [0.25, 0.3) is 0 Å². The van der Waals surface area contributed by atoms with Crippen molar-refractivity contribution in [2.75, 3.05) is 12.3 Å². The smallest absolute Gasteiger partial charge is 0.305 e. The lowest BCUT2D eigenvalue weighted by Crippen LogP contribution is -2.19. The Bertz CT molecular complexity index is 1150. The lowest BCUT2D eigenvalue weighted by Gasteiger charge is -2.17. The SMILES string of the molecule is CC(C)n1nc(-c2ccccc2)c(-c2ccc(F)cc2)c1CCP(=O)(O)C[C@@H](O)CC(=O)O. The second-order valence-corrected chi connectivity index (χ2v) is 10.8. The van der Waals surface area contributed by atoms with Crippen LogP contribution in [0.4, 0.5) is 4.39 Å². The van der Waals surface area contributed by atoms with Crippen LogP contribution < -0.4 is 0 Å². The van der Waals surface area contributed by atoms with Crippen LogP contribution in [-0.4, -0.2) is 49.3 Å². The molecular weight excluding hydrogens is 446 g/mol. The van der Waals surface area contributed by atoms with E-state index in [-0.39, 0.29) is 24.4 Å². The van der Waals surface area contributed by atoms with Crippen molar-refractivity contribution in [3.63, 3.8) is 0 Å². The fraction of sp³-hybridized carbons (Fsp3) is 0.333. The summed E-state index contributed by atoms with van der Waals surface area (Å²) in [5.41, 5.74) is 3.75. The van der Waals surface area contributed by atoms with Gasteiger partial charge in [0.2, 0.25) is 7.37 Å². The highest BCUT2D eigenvalue weighted by Crippen LogP contribution is 2.44. The van der Waals surface area contributed by atoms with Gasteiger partial charge in [-0.05, 0) is 38.0 Å². The van der Waals surface area contributed by atoms with Crippen LogP contribution in [-0.2, 0) is 15.8 Å². The van der Waals surface area contributed by atoms with E-state index in [1.54, 1.807) is 16.8 Å². The van der Waals surface area contributed by atoms with E-state index in [2.05, 4.69) is 0 Å². The number of halogens is 1. The van der Waals surface area contributed by atoms with Crippen LogP contribution in [0.5, 0.6) is 0 Å².